The predicted octanol–water partition coefficient (Wildman–Crippen LogP) is 5.10. The maximum absolute atomic E-state index is 13.7. The molecular weight excluding hydrogens is 452 g/mol. The van der Waals surface area contributed by atoms with E-state index in [-0.39, 0.29) is 5.91 Å². The van der Waals surface area contributed by atoms with Gasteiger partial charge in [-0.05, 0) is 84.1 Å². The number of nitrogens with zero attached hydrogens (tertiary/aromatic N) is 4. The summed E-state index contributed by atoms with van der Waals surface area (Å²) in [5.41, 5.74) is 7.28. The van der Waals surface area contributed by atoms with Crippen LogP contribution in [-0.4, -0.2) is 26.1 Å². The number of benzene rings is 3. The van der Waals surface area contributed by atoms with Crippen molar-refractivity contribution >= 4 is 17.5 Å². The normalized spacial score (nSPS) is 14.7. The lowest BCUT2D eigenvalue weighted by molar-refractivity contribution is -0.113. The molecule has 2 N–H and O–H groups in total. The van der Waals surface area contributed by atoms with Gasteiger partial charge < -0.3 is 15.4 Å². The van der Waals surface area contributed by atoms with Gasteiger partial charge in [0.15, 0.2) is 0 Å². The highest BCUT2D eigenvalue weighted by molar-refractivity contribution is 6.06. The lowest BCUT2D eigenvalue weighted by Gasteiger charge is -2.28. The van der Waals surface area contributed by atoms with Crippen LogP contribution in [0.25, 0.3) is 0 Å². The second-order valence-corrected chi connectivity index (χ2v) is 9.00. The molecule has 0 aliphatic carbocycles. The molecule has 8 heteroatoms. The Labute approximate surface area is 210 Å². The van der Waals surface area contributed by atoms with E-state index in [1.165, 1.54) is 5.56 Å². The highest BCUT2D eigenvalue weighted by atomic mass is 16.5. The number of carbonyl (C=O) groups is 1. The Hall–Kier alpha value is -4.46. The first kappa shape index (κ1) is 23.3. The molecule has 0 fully saturated rings. The van der Waals surface area contributed by atoms with E-state index in [0.717, 1.165) is 27.9 Å². The van der Waals surface area contributed by atoms with Crippen LogP contribution < -0.4 is 15.4 Å². The summed E-state index contributed by atoms with van der Waals surface area (Å²) < 4.78 is 7.76. The summed E-state index contributed by atoms with van der Waals surface area (Å²) in [6, 6.07) is 21.2. The molecule has 1 amide bonds. The molecule has 1 aliphatic rings. The molecule has 4 aromatic rings. The Kier molecular flexibility index (Phi) is 6.25. The number of aryl methyl sites for hydroxylation is 2. The molecule has 3 aromatic carbocycles. The molecule has 1 atom stereocenters. The van der Waals surface area contributed by atoms with Crippen LogP contribution in [0.1, 0.15) is 40.8 Å². The molecule has 0 saturated heterocycles. The fourth-order valence-corrected chi connectivity index (χ4v) is 4.40. The largest absolute Gasteiger partial charge is 0.489 e. The number of carbonyl (C=O) groups excluding carboxylic acids is 1. The number of rotatable bonds is 6. The van der Waals surface area contributed by atoms with E-state index in [1.54, 1.807) is 4.68 Å². The second-order valence-electron chi connectivity index (χ2n) is 9.00. The van der Waals surface area contributed by atoms with Gasteiger partial charge in [0.05, 0.1) is 5.57 Å². The van der Waals surface area contributed by atoms with Crippen LogP contribution >= 0.6 is 0 Å². The first-order chi connectivity index (χ1) is 17.4. The summed E-state index contributed by atoms with van der Waals surface area (Å²) in [5.74, 6) is 0.967. The predicted molar refractivity (Wildman–Crippen MR) is 139 cm³/mol. The molecule has 8 nitrogen and oxygen atoms in total. The van der Waals surface area contributed by atoms with Crippen LogP contribution in [0.4, 0.5) is 11.6 Å². The van der Waals surface area contributed by atoms with Gasteiger partial charge in [-0.3, -0.25) is 4.79 Å². The summed E-state index contributed by atoms with van der Waals surface area (Å²) in [6.45, 7) is 8.40. The van der Waals surface area contributed by atoms with Crippen molar-refractivity contribution in [3.8, 4) is 5.75 Å². The lowest BCUT2D eigenvalue weighted by Crippen LogP contribution is -2.31. The molecular formula is C28H28N6O2. The molecule has 1 unspecified atom stereocenters. The van der Waals surface area contributed by atoms with Gasteiger partial charge in [0.2, 0.25) is 5.95 Å². The van der Waals surface area contributed by atoms with Crippen molar-refractivity contribution < 1.29 is 9.53 Å². The zero-order valence-corrected chi connectivity index (χ0v) is 20.7. The van der Waals surface area contributed by atoms with E-state index < -0.39 is 6.04 Å². The minimum atomic E-state index is -0.525. The standard InChI is InChI=1S/C28H28N6O2/c1-17-10-7-14-24(19(17)3)30-27(35)25-20(4)29-28-31-32-33-34(28)26(25)21-12-8-13-23(15-21)36-16-22-11-6-5-9-18(22)2/h5-15,26H,16H2,1-4H3,(H,30,35)(H,29,31,33). The number of hydrogen-bond donors (Lipinski definition) is 2. The highest BCUT2D eigenvalue weighted by Crippen LogP contribution is 2.36. The van der Waals surface area contributed by atoms with Gasteiger partial charge >= 0.3 is 0 Å². The molecule has 0 spiro atoms. The Bertz CT molecular complexity index is 1470. The smallest absolute Gasteiger partial charge is 0.255 e. The SMILES string of the molecule is CC1=C(C(=O)Nc2cccc(C)c2C)C(c2cccc(OCc3ccccc3C)c2)n2nnnc2N1. The zero-order chi connectivity index (χ0) is 25.2. The maximum atomic E-state index is 13.7. The number of anilines is 2. The van der Waals surface area contributed by atoms with E-state index in [9.17, 15) is 4.79 Å². The molecule has 36 heavy (non-hydrogen) atoms. The number of allylic oxidation sites excluding steroid dienone is 1. The van der Waals surface area contributed by atoms with Gasteiger partial charge in [-0.1, -0.05) is 53.6 Å². The molecule has 0 bridgehead atoms. The van der Waals surface area contributed by atoms with Crippen LogP contribution in [0.2, 0.25) is 0 Å². The van der Waals surface area contributed by atoms with Gasteiger partial charge in [0, 0.05) is 11.4 Å². The first-order valence-corrected chi connectivity index (χ1v) is 11.8. The fourth-order valence-electron chi connectivity index (χ4n) is 4.40. The topological polar surface area (TPSA) is 94.0 Å². The highest BCUT2D eigenvalue weighted by Gasteiger charge is 2.34. The summed E-state index contributed by atoms with van der Waals surface area (Å²) in [7, 11) is 0. The number of amides is 1. The van der Waals surface area contributed by atoms with Crippen LogP contribution in [0.3, 0.4) is 0 Å². The number of aromatic nitrogens is 4. The third kappa shape index (κ3) is 4.45. The zero-order valence-electron chi connectivity index (χ0n) is 20.7. The molecule has 182 valence electrons. The van der Waals surface area contributed by atoms with E-state index in [1.807, 2.05) is 75.4 Å². The number of fused-ring (bicyclic) bond motifs is 1. The molecule has 0 radical (unpaired) electrons. The molecule has 2 heterocycles. The van der Waals surface area contributed by atoms with Crippen LogP contribution in [0.5, 0.6) is 5.75 Å². The quantitative estimate of drug-likeness (QED) is 0.399. The monoisotopic (exact) mass is 480 g/mol. The summed E-state index contributed by atoms with van der Waals surface area (Å²) in [6.07, 6.45) is 0. The van der Waals surface area contributed by atoms with Crippen molar-refractivity contribution in [2.45, 2.75) is 40.3 Å². The van der Waals surface area contributed by atoms with Crippen LogP contribution in [-0.2, 0) is 11.4 Å². The number of hydrogen-bond acceptors (Lipinski definition) is 6. The van der Waals surface area contributed by atoms with Gasteiger partial charge in [-0.2, -0.15) is 4.68 Å². The number of ether oxygens (including phenoxy) is 1. The average molecular weight is 481 g/mol. The number of tetrazole rings is 1. The second kappa shape index (κ2) is 9.65. The van der Waals surface area contributed by atoms with Gasteiger partial charge in [0.25, 0.3) is 5.91 Å². The third-order valence-corrected chi connectivity index (χ3v) is 6.64. The fraction of sp³-hybridized carbons (Fsp3) is 0.214. The molecule has 1 aromatic heterocycles. The Balaban J connectivity index is 1.48. The summed E-state index contributed by atoms with van der Waals surface area (Å²) in [4.78, 5) is 13.7. The van der Waals surface area contributed by atoms with E-state index in [4.69, 9.17) is 4.74 Å². The van der Waals surface area contributed by atoms with Gasteiger partial charge in [0.1, 0.15) is 18.4 Å². The van der Waals surface area contributed by atoms with Crippen molar-refractivity contribution in [1.29, 1.82) is 0 Å². The van der Waals surface area contributed by atoms with E-state index in [2.05, 4.69) is 45.2 Å². The number of nitrogens with one attached hydrogen (secondary N) is 2. The Morgan fingerprint density at radius 3 is 2.61 bits per heavy atom. The first-order valence-electron chi connectivity index (χ1n) is 11.8. The van der Waals surface area contributed by atoms with Crippen molar-refractivity contribution in [3.63, 3.8) is 0 Å². The van der Waals surface area contributed by atoms with E-state index in [0.29, 0.717) is 29.6 Å². The maximum Gasteiger partial charge on any atom is 0.255 e. The summed E-state index contributed by atoms with van der Waals surface area (Å²) >= 11 is 0. The van der Waals surface area contributed by atoms with Crippen molar-refractivity contribution in [2.75, 3.05) is 10.6 Å². The molecule has 5 rings (SSSR count). The summed E-state index contributed by atoms with van der Waals surface area (Å²) in [5, 5.41) is 18.4. The molecule has 0 saturated carbocycles. The third-order valence-electron chi connectivity index (χ3n) is 6.64. The minimum Gasteiger partial charge on any atom is -0.489 e. The average Bonchev–Trinajstić information content (AvgIpc) is 3.33. The van der Waals surface area contributed by atoms with Crippen LogP contribution in [0.15, 0.2) is 78.0 Å². The van der Waals surface area contributed by atoms with Gasteiger partial charge in [-0.15, -0.1) is 0 Å². The van der Waals surface area contributed by atoms with Crippen molar-refractivity contribution in [3.05, 3.63) is 106 Å². The van der Waals surface area contributed by atoms with Crippen molar-refractivity contribution in [2.24, 2.45) is 0 Å². The Morgan fingerprint density at radius 2 is 1.78 bits per heavy atom. The van der Waals surface area contributed by atoms with Gasteiger partial charge in [-0.25, -0.2) is 0 Å². The lowest BCUT2D eigenvalue weighted by atomic mass is 9.94. The minimum absolute atomic E-state index is 0.217. The van der Waals surface area contributed by atoms with E-state index >= 15 is 0 Å². The van der Waals surface area contributed by atoms with Crippen LogP contribution in [0, 0.1) is 20.8 Å². The molecule has 1 aliphatic heterocycles. The Morgan fingerprint density at radius 1 is 1.00 bits per heavy atom. The van der Waals surface area contributed by atoms with Crippen molar-refractivity contribution in [1.82, 2.24) is 20.2 Å².